The van der Waals surface area contributed by atoms with E-state index in [9.17, 15) is 35.1 Å². The lowest BCUT2D eigenvalue weighted by Crippen LogP contribution is -2.60. The van der Waals surface area contributed by atoms with Crippen LogP contribution in [-0.2, 0) is 23.8 Å². The maximum absolute atomic E-state index is 12.3. The zero-order valence-corrected chi connectivity index (χ0v) is 22.5. The minimum absolute atomic E-state index is 0.144. The molecule has 1 aliphatic heterocycles. The first-order valence-electron chi connectivity index (χ1n) is 12.4. The summed E-state index contributed by atoms with van der Waals surface area (Å²) in [5, 5.41) is 50.8. The molecule has 5 N–H and O–H groups in total. The number of aliphatic hydroxyl groups excluding tert-OH is 3. The molecule has 2 aliphatic rings. The summed E-state index contributed by atoms with van der Waals surface area (Å²) >= 11 is 0. The Bertz CT molecular complexity index is 1100. The summed E-state index contributed by atoms with van der Waals surface area (Å²) in [7, 11) is 2.74. The maximum Gasteiger partial charge on any atom is 0.332 e. The molecule has 1 fully saturated rings. The molecule has 39 heavy (non-hydrogen) atoms. The fourth-order valence-corrected chi connectivity index (χ4v) is 5.08. The number of carboxylic acid groups (broad SMARTS) is 1. The van der Waals surface area contributed by atoms with Crippen molar-refractivity contribution in [3.63, 3.8) is 0 Å². The van der Waals surface area contributed by atoms with Crippen molar-refractivity contribution < 1.29 is 58.8 Å². The number of aliphatic carboxylic acids is 1. The maximum atomic E-state index is 12.3. The van der Waals surface area contributed by atoms with Crippen molar-refractivity contribution in [1.82, 2.24) is 0 Å². The van der Waals surface area contributed by atoms with E-state index in [1.165, 1.54) is 32.4 Å². The molecule has 12 heteroatoms. The first-order chi connectivity index (χ1) is 18.3. The van der Waals surface area contributed by atoms with E-state index in [1.54, 1.807) is 20.8 Å². The van der Waals surface area contributed by atoms with Crippen LogP contribution >= 0.6 is 0 Å². The number of phenolic OH excluding ortho intramolecular Hbond substituents is 1. The smallest absolute Gasteiger partial charge is 0.332 e. The summed E-state index contributed by atoms with van der Waals surface area (Å²) in [5.74, 6) is -1.68. The summed E-state index contributed by atoms with van der Waals surface area (Å²) < 4.78 is 26.9. The molecular weight excluding hydrogens is 516 g/mol. The lowest BCUT2D eigenvalue weighted by atomic mass is 9.71. The number of carbonyl (C=O) groups is 2. The van der Waals surface area contributed by atoms with Gasteiger partial charge in [-0.25, -0.2) is 9.59 Å². The van der Waals surface area contributed by atoms with Gasteiger partial charge in [0, 0.05) is 11.6 Å². The van der Waals surface area contributed by atoms with E-state index in [0.717, 1.165) is 6.08 Å². The highest BCUT2D eigenvalue weighted by Gasteiger charge is 2.47. The number of phenols is 1. The average Bonchev–Trinajstić information content (AvgIpc) is 2.86. The van der Waals surface area contributed by atoms with Gasteiger partial charge in [0.1, 0.15) is 31.0 Å². The lowest BCUT2D eigenvalue weighted by molar-refractivity contribution is -0.313. The van der Waals surface area contributed by atoms with Gasteiger partial charge in [-0.05, 0) is 49.0 Å². The minimum Gasteiger partial charge on any atom is -0.502 e. The molecule has 0 aromatic heterocycles. The zero-order chi connectivity index (χ0) is 29.1. The fraction of sp³-hybridized carbons (Fsp3) is 0.556. The lowest BCUT2D eigenvalue weighted by Gasteiger charge is -2.43. The minimum atomic E-state index is -1.64. The molecule has 6 atom stereocenters. The number of esters is 1. The van der Waals surface area contributed by atoms with Gasteiger partial charge in [-0.2, -0.15) is 0 Å². The summed E-state index contributed by atoms with van der Waals surface area (Å²) in [6, 6.07) is 2.97. The predicted molar refractivity (Wildman–Crippen MR) is 136 cm³/mol. The van der Waals surface area contributed by atoms with E-state index in [2.05, 4.69) is 0 Å². The fourth-order valence-electron chi connectivity index (χ4n) is 5.08. The van der Waals surface area contributed by atoms with Crippen LogP contribution in [0.25, 0.3) is 6.08 Å². The van der Waals surface area contributed by atoms with Crippen LogP contribution in [-0.4, -0.2) is 95.1 Å². The second-order valence-corrected chi connectivity index (χ2v) is 10.3. The number of carboxylic acids is 1. The molecule has 1 heterocycles. The first kappa shape index (κ1) is 30.4. The molecule has 0 saturated carbocycles. The molecule has 0 bridgehead atoms. The van der Waals surface area contributed by atoms with Crippen LogP contribution in [0, 0.1) is 5.41 Å². The van der Waals surface area contributed by atoms with Gasteiger partial charge < -0.3 is 49.2 Å². The summed E-state index contributed by atoms with van der Waals surface area (Å²) in [5.41, 5.74) is 0.717. The quantitative estimate of drug-likeness (QED) is 0.220. The summed E-state index contributed by atoms with van der Waals surface area (Å²) in [4.78, 5) is 24.0. The monoisotopic (exact) mass is 552 g/mol. The third-order valence-electron chi connectivity index (χ3n) is 6.89. The number of ether oxygens (including phenoxy) is 5. The van der Waals surface area contributed by atoms with Crippen LogP contribution in [0.2, 0.25) is 0 Å². The van der Waals surface area contributed by atoms with Crippen molar-refractivity contribution >= 4 is 18.0 Å². The highest BCUT2D eigenvalue weighted by molar-refractivity contribution is 5.89. The number of aliphatic hydroxyl groups is 3. The highest BCUT2D eigenvalue weighted by Crippen LogP contribution is 2.42. The average molecular weight is 553 g/mol. The molecule has 216 valence electrons. The number of rotatable bonds is 9. The van der Waals surface area contributed by atoms with Crippen LogP contribution in [0.5, 0.6) is 17.2 Å². The number of aromatic hydroxyl groups is 1. The molecule has 0 unspecified atom stereocenters. The molecule has 1 aliphatic carbocycles. The number of hydrogen-bond acceptors (Lipinski definition) is 11. The number of benzene rings is 1. The van der Waals surface area contributed by atoms with Crippen LogP contribution in [0.15, 0.2) is 29.4 Å². The number of methoxy groups -OCH3 is 2. The molecule has 1 saturated heterocycles. The number of hydrogen-bond donors (Lipinski definition) is 5. The van der Waals surface area contributed by atoms with Crippen LogP contribution in [0.1, 0.15) is 39.2 Å². The van der Waals surface area contributed by atoms with E-state index in [0.29, 0.717) is 23.1 Å². The van der Waals surface area contributed by atoms with E-state index < -0.39 is 60.8 Å². The molecule has 1 aromatic rings. The van der Waals surface area contributed by atoms with E-state index in [-0.39, 0.29) is 23.7 Å². The van der Waals surface area contributed by atoms with E-state index >= 15 is 0 Å². The van der Waals surface area contributed by atoms with Gasteiger partial charge in [-0.15, -0.1) is 0 Å². The zero-order valence-electron chi connectivity index (χ0n) is 22.5. The second kappa shape index (κ2) is 12.3. The van der Waals surface area contributed by atoms with Crippen molar-refractivity contribution in [3.8, 4) is 17.2 Å². The highest BCUT2D eigenvalue weighted by atomic mass is 16.7. The Morgan fingerprint density at radius 1 is 1.08 bits per heavy atom. The third-order valence-corrected chi connectivity index (χ3v) is 6.89. The molecule has 3 rings (SSSR count). The molecular formula is C27H36O12. The third kappa shape index (κ3) is 6.89. The Hall–Kier alpha value is -3.16. The summed E-state index contributed by atoms with van der Waals surface area (Å²) in [6.45, 7) is 4.82. The van der Waals surface area contributed by atoms with Crippen molar-refractivity contribution in [2.75, 3.05) is 20.8 Å². The van der Waals surface area contributed by atoms with Crippen LogP contribution in [0.4, 0.5) is 0 Å². The Morgan fingerprint density at radius 3 is 2.23 bits per heavy atom. The Kier molecular flexibility index (Phi) is 9.62. The molecule has 0 radical (unpaired) electrons. The summed E-state index contributed by atoms with van der Waals surface area (Å²) in [6.07, 6.45) is -4.73. The van der Waals surface area contributed by atoms with Gasteiger partial charge in [0.25, 0.3) is 0 Å². The van der Waals surface area contributed by atoms with Crippen molar-refractivity contribution in [3.05, 3.63) is 34.9 Å². The first-order valence-corrected chi connectivity index (χ1v) is 12.4. The van der Waals surface area contributed by atoms with E-state index in [4.69, 9.17) is 23.7 Å². The van der Waals surface area contributed by atoms with Crippen LogP contribution < -0.4 is 9.47 Å². The van der Waals surface area contributed by atoms with Gasteiger partial charge >= 0.3 is 11.9 Å². The van der Waals surface area contributed by atoms with Crippen LogP contribution in [0.3, 0.4) is 0 Å². The molecule has 12 nitrogen and oxygen atoms in total. The second-order valence-electron chi connectivity index (χ2n) is 10.3. The molecule has 0 amide bonds. The Balaban J connectivity index is 1.64. The van der Waals surface area contributed by atoms with Gasteiger partial charge in [0.15, 0.2) is 17.8 Å². The standard InChI is InChI=1S/C27H36O12/c1-13-8-15(11-27(2,3)20(13)25(33)34)38-26-24(32)23(31)22(30)18(39-26)12-37-19(28)7-6-14-9-16(35-4)21(29)17(10-14)36-5/h6-7,9-10,15,18,22-24,26,29-32H,8,11-12H2,1-5H3,(H,33,34)/t15-,18+,22+,23-,24+,26-/m0/s1. The van der Waals surface area contributed by atoms with Gasteiger partial charge in [-0.3, -0.25) is 0 Å². The van der Waals surface area contributed by atoms with Gasteiger partial charge in [-0.1, -0.05) is 19.4 Å². The van der Waals surface area contributed by atoms with Crippen molar-refractivity contribution in [1.29, 1.82) is 0 Å². The normalized spacial score (nSPS) is 28.8. The Labute approximate surface area is 226 Å². The van der Waals surface area contributed by atoms with Crippen molar-refractivity contribution in [2.24, 2.45) is 5.41 Å². The largest absolute Gasteiger partial charge is 0.502 e. The molecule has 1 aromatic carbocycles. The van der Waals surface area contributed by atoms with Crippen molar-refractivity contribution in [2.45, 2.75) is 70.4 Å². The SMILES string of the molecule is COc1cc(C=CC(=O)OC[C@H]2O[C@H](O[C@H]3CC(C)=C(C(=O)O)C(C)(C)C3)[C@H](O)[C@@H](O)[C@@H]2O)cc(OC)c1O. The Morgan fingerprint density at radius 2 is 1.69 bits per heavy atom. The number of carbonyl (C=O) groups excluding carboxylic acids is 1. The van der Waals surface area contributed by atoms with Gasteiger partial charge in [0.2, 0.25) is 5.75 Å². The topological polar surface area (TPSA) is 181 Å². The van der Waals surface area contributed by atoms with E-state index in [1.807, 2.05) is 0 Å². The predicted octanol–water partition coefficient (Wildman–Crippen LogP) is 1.38. The molecule has 0 spiro atoms. The van der Waals surface area contributed by atoms with Gasteiger partial charge in [0.05, 0.1) is 20.3 Å².